The summed E-state index contributed by atoms with van der Waals surface area (Å²) in [6, 6.07) is 5.69. The third-order valence-electron chi connectivity index (χ3n) is 6.00. The lowest BCUT2D eigenvalue weighted by Gasteiger charge is -2.47. The average Bonchev–Trinajstić information content (AvgIpc) is 3.10. The van der Waals surface area contributed by atoms with Gasteiger partial charge in [-0.3, -0.25) is 14.5 Å². The first-order valence-electron chi connectivity index (χ1n) is 9.69. The fourth-order valence-corrected chi connectivity index (χ4v) is 4.99. The van der Waals surface area contributed by atoms with E-state index in [0.29, 0.717) is 5.69 Å². The Labute approximate surface area is 167 Å². The molecule has 1 aromatic rings. The van der Waals surface area contributed by atoms with Crippen molar-refractivity contribution in [1.82, 2.24) is 9.62 Å². The first kappa shape index (κ1) is 20.8. The number of nitrogens with zero attached hydrogens (tertiary/aromatic N) is 2. The molecule has 1 aliphatic carbocycles. The van der Waals surface area contributed by atoms with Gasteiger partial charge in [0.15, 0.2) is 0 Å². The summed E-state index contributed by atoms with van der Waals surface area (Å²) in [5, 5.41) is 3.06. The first-order valence-corrected chi connectivity index (χ1v) is 11.5. The van der Waals surface area contributed by atoms with Crippen LogP contribution in [-0.4, -0.2) is 55.5 Å². The number of carbonyl (C=O) groups is 2. The second kappa shape index (κ2) is 7.48. The van der Waals surface area contributed by atoms with Gasteiger partial charge in [-0.15, -0.1) is 0 Å². The largest absolute Gasteiger partial charge is 0.351 e. The minimum Gasteiger partial charge on any atom is -0.351 e. The summed E-state index contributed by atoms with van der Waals surface area (Å²) in [7, 11) is -3.61. The maximum atomic E-state index is 13.3. The van der Waals surface area contributed by atoms with Crippen molar-refractivity contribution in [2.45, 2.75) is 58.0 Å². The first-order chi connectivity index (χ1) is 13.0. The van der Waals surface area contributed by atoms with Crippen molar-refractivity contribution in [3.8, 4) is 0 Å². The number of amides is 2. The van der Waals surface area contributed by atoms with E-state index in [2.05, 4.69) is 5.32 Å². The summed E-state index contributed by atoms with van der Waals surface area (Å²) in [6.07, 6.45) is 5.03. The number of aryl methyl sites for hydroxylation is 1. The van der Waals surface area contributed by atoms with Crippen molar-refractivity contribution >= 4 is 27.5 Å². The van der Waals surface area contributed by atoms with Crippen molar-refractivity contribution < 1.29 is 18.0 Å². The number of carbonyl (C=O) groups excluding carboxylic acids is 2. The van der Waals surface area contributed by atoms with Crippen LogP contribution in [0.1, 0.15) is 43.7 Å². The Morgan fingerprint density at radius 1 is 1.21 bits per heavy atom. The number of anilines is 1. The van der Waals surface area contributed by atoms with Gasteiger partial charge in [-0.2, -0.15) is 4.31 Å². The molecule has 1 atom stereocenters. The molecular weight excluding hydrogens is 378 g/mol. The van der Waals surface area contributed by atoms with E-state index in [4.69, 9.17) is 0 Å². The zero-order valence-corrected chi connectivity index (χ0v) is 17.8. The van der Waals surface area contributed by atoms with Crippen LogP contribution in [0.2, 0.25) is 0 Å². The molecule has 154 valence electrons. The third-order valence-corrected chi connectivity index (χ3v) is 7.20. The number of rotatable bonds is 4. The van der Waals surface area contributed by atoms with Crippen LogP contribution in [0.15, 0.2) is 18.2 Å². The van der Waals surface area contributed by atoms with Crippen molar-refractivity contribution in [2.24, 2.45) is 0 Å². The van der Waals surface area contributed by atoms with E-state index < -0.39 is 21.5 Å². The summed E-state index contributed by atoms with van der Waals surface area (Å²) >= 11 is 0. The van der Waals surface area contributed by atoms with Gasteiger partial charge in [-0.1, -0.05) is 25.0 Å². The Balaban J connectivity index is 2.05. The molecule has 1 aliphatic heterocycles. The van der Waals surface area contributed by atoms with E-state index in [1.165, 1.54) is 4.90 Å². The fourth-order valence-electron chi connectivity index (χ4n) is 4.16. The monoisotopic (exact) mass is 407 g/mol. The van der Waals surface area contributed by atoms with E-state index in [0.717, 1.165) is 47.4 Å². The predicted octanol–water partition coefficient (Wildman–Crippen LogP) is 1.73. The summed E-state index contributed by atoms with van der Waals surface area (Å²) in [5.41, 5.74) is 1.25. The van der Waals surface area contributed by atoms with Crippen LogP contribution in [0.4, 0.5) is 5.69 Å². The Morgan fingerprint density at radius 2 is 1.86 bits per heavy atom. The SMILES string of the molecule is Cc1cccc(N2C(=O)CN(S(C)(=O)=O)C[C@@]2(C)C(=O)NC2CCCC2)c1C. The lowest BCUT2D eigenvalue weighted by molar-refractivity contribution is -0.133. The molecule has 0 aromatic heterocycles. The van der Waals surface area contributed by atoms with Crippen LogP contribution in [0.5, 0.6) is 0 Å². The lowest BCUT2D eigenvalue weighted by atomic mass is 9.92. The smallest absolute Gasteiger partial charge is 0.247 e. The number of nitrogens with one attached hydrogen (secondary N) is 1. The summed E-state index contributed by atoms with van der Waals surface area (Å²) < 4.78 is 25.5. The number of benzene rings is 1. The van der Waals surface area contributed by atoms with Crippen molar-refractivity contribution in [1.29, 1.82) is 0 Å². The van der Waals surface area contributed by atoms with Gasteiger partial charge >= 0.3 is 0 Å². The minimum absolute atomic E-state index is 0.0660. The maximum Gasteiger partial charge on any atom is 0.247 e. The summed E-state index contributed by atoms with van der Waals surface area (Å²) in [6.45, 7) is 5.19. The predicted molar refractivity (Wildman–Crippen MR) is 109 cm³/mol. The number of hydrogen-bond donors (Lipinski definition) is 1. The Morgan fingerprint density at radius 3 is 2.46 bits per heavy atom. The van der Waals surface area contributed by atoms with Crippen LogP contribution in [0.25, 0.3) is 0 Å². The highest BCUT2D eigenvalue weighted by atomic mass is 32.2. The molecule has 8 heteroatoms. The van der Waals surface area contributed by atoms with Crippen molar-refractivity contribution in [3.05, 3.63) is 29.3 Å². The molecule has 1 aromatic carbocycles. The van der Waals surface area contributed by atoms with Crippen LogP contribution in [0, 0.1) is 13.8 Å². The number of piperazine rings is 1. The van der Waals surface area contributed by atoms with E-state index in [1.54, 1.807) is 6.92 Å². The van der Waals surface area contributed by atoms with Gasteiger partial charge in [-0.25, -0.2) is 8.42 Å². The molecule has 2 fully saturated rings. The van der Waals surface area contributed by atoms with E-state index in [9.17, 15) is 18.0 Å². The molecule has 2 aliphatic rings. The van der Waals surface area contributed by atoms with E-state index in [1.807, 2.05) is 32.0 Å². The lowest BCUT2D eigenvalue weighted by Crippen LogP contribution is -2.70. The molecule has 7 nitrogen and oxygen atoms in total. The molecule has 3 rings (SSSR count). The highest BCUT2D eigenvalue weighted by molar-refractivity contribution is 7.88. The van der Waals surface area contributed by atoms with Crippen LogP contribution in [0.3, 0.4) is 0 Å². The van der Waals surface area contributed by atoms with Crippen LogP contribution < -0.4 is 10.2 Å². The quantitative estimate of drug-likeness (QED) is 0.824. The van der Waals surface area contributed by atoms with Crippen molar-refractivity contribution in [3.63, 3.8) is 0 Å². The van der Waals surface area contributed by atoms with Gasteiger partial charge in [0.25, 0.3) is 0 Å². The Kier molecular flexibility index (Phi) is 5.55. The topological polar surface area (TPSA) is 86.8 Å². The normalized spacial score (nSPS) is 24.6. The molecule has 0 unspecified atom stereocenters. The van der Waals surface area contributed by atoms with Crippen molar-refractivity contribution in [2.75, 3.05) is 24.2 Å². The molecule has 1 N–H and O–H groups in total. The third kappa shape index (κ3) is 3.80. The summed E-state index contributed by atoms with van der Waals surface area (Å²) in [5.74, 6) is -0.698. The molecule has 1 heterocycles. The minimum atomic E-state index is -3.61. The highest BCUT2D eigenvalue weighted by Crippen LogP contribution is 2.34. The van der Waals surface area contributed by atoms with Gasteiger partial charge in [0.1, 0.15) is 5.54 Å². The molecule has 1 saturated carbocycles. The average molecular weight is 408 g/mol. The number of sulfonamides is 1. The molecule has 0 spiro atoms. The second-order valence-corrected chi connectivity index (χ2v) is 10.2. The van der Waals surface area contributed by atoms with E-state index >= 15 is 0 Å². The molecule has 0 bridgehead atoms. The van der Waals surface area contributed by atoms with Gasteiger partial charge in [0.05, 0.1) is 12.8 Å². The van der Waals surface area contributed by atoms with Gasteiger partial charge < -0.3 is 5.32 Å². The van der Waals surface area contributed by atoms with Crippen LogP contribution in [-0.2, 0) is 19.6 Å². The maximum absolute atomic E-state index is 13.3. The number of hydrogen-bond acceptors (Lipinski definition) is 4. The van der Waals surface area contributed by atoms with Gasteiger partial charge in [0.2, 0.25) is 21.8 Å². The summed E-state index contributed by atoms with van der Waals surface area (Å²) in [4.78, 5) is 28.0. The van der Waals surface area contributed by atoms with Gasteiger partial charge in [0, 0.05) is 18.3 Å². The van der Waals surface area contributed by atoms with Gasteiger partial charge in [-0.05, 0) is 50.8 Å². The Bertz CT molecular complexity index is 893. The standard InChI is InChI=1S/C20H29N3O4S/c1-14-8-7-11-17(15(14)2)23-18(24)12-22(28(4,26)27)13-20(23,3)19(25)21-16-9-5-6-10-16/h7-8,11,16H,5-6,9-10,12-13H2,1-4H3,(H,21,25)/t20-/m0/s1. The molecule has 2 amide bonds. The molecule has 0 radical (unpaired) electrons. The molecular formula is C20H29N3O4S. The molecule has 28 heavy (non-hydrogen) atoms. The second-order valence-electron chi connectivity index (χ2n) is 8.21. The fraction of sp³-hybridized carbons (Fsp3) is 0.600. The Hall–Kier alpha value is -1.93. The zero-order valence-electron chi connectivity index (χ0n) is 17.0. The van der Waals surface area contributed by atoms with Crippen LogP contribution >= 0.6 is 0 Å². The van der Waals surface area contributed by atoms with E-state index in [-0.39, 0.29) is 25.0 Å². The highest BCUT2D eigenvalue weighted by Gasteiger charge is 2.51. The molecule has 1 saturated heterocycles. The zero-order chi connectivity index (χ0) is 20.7.